The molecular formula is C13H17N3O2. The molecule has 2 N–H and O–H groups in total. The normalized spacial score (nSPS) is 11.4. The van der Waals surface area contributed by atoms with Gasteiger partial charge in [0.05, 0.1) is 18.4 Å². The second kappa shape index (κ2) is 7.30. The topological polar surface area (TPSA) is 63.2 Å². The number of carbonyl (C=O) groups is 1. The molecule has 5 heteroatoms. The van der Waals surface area contributed by atoms with E-state index in [-0.39, 0.29) is 12.5 Å². The molecule has 0 aromatic carbocycles. The average Bonchev–Trinajstić information content (AvgIpc) is 2.38. The monoisotopic (exact) mass is 247 g/mol. The predicted octanol–water partition coefficient (Wildman–Crippen LogP) is 0.318. The van der Waals surface area contributed by atoms with Crippen molar-refractivity contribution >= 4 is 5.91 Å². The zero-order valence-corrected chi connectivity index (χ0v) is 10.6. The van der Waals surface area contributed by atoms with Crippen molar-refractivity contribution in [3.8, 4) is 18.1 Å². The lowest BCUT2D eigenvalue weighted by Gasteiger charge is -2.13. The Morgan fingerprint density at radius 1 is 1.61 bits per heavy atom. The van der Waals surface area contributed by atoms with Gasteiger partial charge < -0.3 is 15.4 Å². The molecule has 1 heterocycles. The van der Waals surface area contributed by atoms with Crippen molar-refractivity contribution < 1.29 is 9.53 Å². The van der Waals surface area contributed by atoms with Gasteiger partial charge in [-0.15, -0.1) is 6.42 Å². The molecule has 0 radical (unpaired) electrons. The minimum Gasteiger partial charge on any atom is -0.479 e. The number of terminal acetylenes is 1. The Bertz CT molecular complexity index is 423. The van der Waals surface area contributed by atoms with Crippen LogP contribution in [-0.2, 0) is 11.3 Å². The molecule has 0 aliphatic carbocycles. The predicted molar refractivity (Wildman–Crippen MR) is 68.9 cm³/mol. The second-order valence-electron chi connectivity index (χ2n) is 3.70. The summed E-state index contributed by atoms with van der Waals surface area (Å²) in [6.07, 6.45) is 6.05. The second-order valence-corrected chi connectivity index (χ2v) is 3.70. The lowest BCUT2D eigenvalue weighted by Crippen LogP contribution is -2.36. The third kappa shape index (κ3) is 4.44. The molecule has 1 atom stereocenters. The van der Waals surface area contributed by atoms with Gasteiger partial charge in [0.2, 0.25) is 0 Å². The summed E-state index contributed by atoms with van der Waals surface area (Å²) in [5.74, 6) is 2.64. The molecule has 1 aromatic rings. The van der Waals surface area contributed by atoms with Gasteiger partial charge in [0, 0.05) is 6.54 Å². The van der Waals surface area contributed by atoms with Crippen molar-refractivity contribution in [3.63, 3.8) is 0 Å². The Labute approximate surface area is 107 Å². The summed E-state index contributed by atoms with van der Waals surface area (Å²) in [6, 6.07) is 3.63. The SMILES string of the molecule is C#CCNC(=O)C(C)Oc1ccc(CNC)nc1. The van der Waals surface area contributed by atoms with Crippen molar-refractivity contribution in [2.75, 3.05) is 13.6 Å². The van der Waals surface area contributed by atoms with Crippen molar-refractivity contribution in [1.82, 2.24) is 15.6 Å². The standard InChI is InChI=1S/C13H17N3O2/c1-4-7-15-13(17)10(2)18-12-6-5-11(8-14-3)16-9-12/h1,5-6,9-10,14H,7-8H2,2-3H3,(H,15,17). The number of pyridine rings is 1. The van der Waals surface area contributed by atoms with E-state index in [0.29, 0.717) is 12.3 Å². The van der Waals surface area contributed by atoms with Gasteiger partial charge in [-0.25, -0.2) is 0 Å². The fourth-order valence-corrected chi connectivity index (χ4v) is 1.31. The number of hydrogen-bond donors (Lipinski definition) is 2. The third-order valence-corrected chi connectivity index (χ3v) is 2.20. The lowest BCUT2D eigenvalue weighted by molar-refractivity contribution is -0.127. The van der Waals surface area contributed by atoms with Gasteiger partial charge in [0.1, 0.15) is 5.75 Å². The van der Waals surface area contributed by atoms with Gasteiger partial charge in [-0.05, 0) is 26.1 Å². The van der Waals surface area contributed by atoms with Gasteiger partial charge in [-0.3, -0.25) is 9.78 Å². The maximum atomic E-state index is 11.5. The number of aromatic nitrogens is 1. The number of hydrogen-bond acceptors (Lipinski definition) is 4. The van der Waals surface area contributed by atoms with Crippen LogP contribution in [0.4, 0.5) is 0 Å². The highest BCUT2D eigenvalue weighted by molar-refractivity contribution is 5.80. The van der Waals surface area contributed by atoms with E-state index >= 15 is 0 Å². The Balaban J connectivity index is 2.51. The Morgan fingerprint density at radius 3 is 2.94 bits per heavy atom. The third-order valence-electron chi connectivity index (χ3n) is 2.20. The number of carbonyl (C=O) groups excluding carboxylic acids is 1. The van der Waals surface area contributed by atoms with E-state index in [4.69, 9.17) is 11.2 Å². The number of ether oxygens (including phenoxy) is 1. The number of amides is 1. The van der Waals surface area contributed by atoms with Crippen LogP contribution < -0.4 is 15.4 Å². The highest BCUT2D eigenvalue weighted by Gasteiger charge is 2.13. The van der Waals surface area contributed by atoms with Crippen LogP contribution in [0.3, 0.4) is 0 Å². The molecule has 1 rings (SSSR count). The molecule has 1 unspecified atom stereocenters. The van der Waals surface area contributed by atoms with Crippen molar-refractivity contribution in [3.05, 3.63) is 24.0 Å². The maximum Gasteiger partial charge on any atom is 0.261 e. The fraction of sp³-hybridized carbons (Fsp3) is 0.385. The van der Waals surface area contributed by atoms with E-state index in [9.17, 15) is 4.79 Å². The van der Waals surface area contributed by atoms with Gasteiger partial charge >= 0.3 is 0 Å². The Morgan fingerprint density at radius 2 is 2.39 bits per heavy atom. The number of nitrogens with zero attached hydrogens (tertiary/aromatic N) is 1. The summed E-state index contributed by atoms with van der Waals surface area (Å²) in [5, 5.41) is 5.55. The average molecular weight is 247 g/mol. The van der Waals surface area contributed by atoms with Crippen LogP contribution in [0.1, 0.15) is 12.6 Å². The maximum absolute atomic E-state index is 11.5. The first-order valence-corrected chi connectivity index (χ1v) is 5.64. The van der Waals surface area contributed by atoms with Crippen molar-refractivity contribution in [2.45, 2.75) is 19.6 Å². The van der Waals surface area contributed by atoms with Crippen LogP contribution in [0, 0.1) is 12.3 Å². The molecule has 0 saturated carbocycles. The molecule has 1 aromatic heterocycles. The molecule has 18 heavy (non-hydrogen) atoms. The zero-order valence-electron chi connectivity index (χ0n) is 10.6. The largest absolute Gasteiger partial charge is 0.479 e. The highest BCUT2D eigenvalue weighted by Crippen LogP contribution is 2.11. The minimum absolute atomic E-state index is 0.200. The summed E-state index contributed by atoms with van der Waals surface area (Å²) in [7, 11) is 1.85. The summed E-state index contributed by atoms with van der Waals surface area (Å²) in [6.45, 7) is 2.55. The van der Waals surface area contributed by atoms with Crippen LogP contribution in [0.15, 0.2) is 18.3 Å². The van der Waals surface area contributed by atoms with Crippen LogP contribution in [0.2, 0.25) is 0 Å². The molecule has 0 aliphatic heterocycles. The number of nitrogens with one attached hydrogen (secondary N) is 2. The van der Waals surface area contributed by atoms with E-state index in [1.807, 2.05) is 13.1 Å². The van der Waals surface area contributed by atoms with Crippen LogP contribution in [0.25, 0.3) is 0 Å². The molecule has 96 valence electrons. The lowest BCUT2D eigenvalue weighted by atomic mass is 10.3. The van der Waals surface area contributed by atoms with Gasteiger partial charge in [0.25, 0.3) is 5.91 Å². The molecule has 5 nitrogen and oxygen atoms in total. The Kier molecular flexibility index (Phi) is 5.68. The molecule has 0 bridgehead atoms. The van der Waals surface area contributed by atoms with E-state index in [0.717, 1.165) is 5.69 Å². The summed E-state index contributed by atoms with van der Waals surface area (Å²) >= 11 is 0. The quantitative estimate of drug-likeness (QED) is 0.711. The first kappa shape index (κ1) is 14.0. The molecule has 0 fully saturated rings. The highest BCUT2D eigenvalue weighted by atomic mass is 16.5. The van der Waals surface area contributed by atoms with Crippen molar-refractivity contribution in [2.24, 2.45) is 0 Å². The number of rotatable bonds is 6. The summed E-state index contributed by atoms with van der Waals surface area (Å²) < 4.78 is 5.44. The summed E-state index contributed by atoms with van der Waals surface area (Å²) in [4.78, 5) is 15.7. The first-order chi connectivity index (χ1) is 8.67. The van der Waals surface area contributed by atoms with Crippen LogP contribution >= 0.6 is 0 Å². The van der Waals surface area contributed by atoms with E-state index < -0.39 is 6.10 Å². The van der Waals surface area contributed by atoms with Crippen LogP contribution in [-0.4, -0.2) is 30.6 Å². The molecule has 1 amide bonds. The van der Waals surface area contributed by atoms with Gasteiger partial charge in [-0.1, -0.05) is 5.92 Å². The molecule has 0 saturated heterocycles. The van der Waals surface area contributed by atoms with Crippen molar-refractivity contribution in [1.29, 1.82) is 0 Å². The minimum atomic E-state index is -0.602. The fourth-order valence-electron chi connectivity index (χ4n) is 1.31. The zero-order chi connectivity index (χ0) is 13.4. The smallest absolute Gasteiger partial charge is 0.261 e. The van der Waals surface area contributed by atoms with Gasteiger partial charge in [-0.2, -0.15) is 0 Å². The molecule has 0 spiro atoms. The van der Waals surface area contributed by atoms with Crippen LogP contribution in [0.5, 0.6) is 5.75 Å². The summed E-state index contributed by atoms with van der Waals surface area (Å²) in [5.41, 5.74) is 0.911. The van der Waals surface area contributed by atoms with Gasteiger partial charge in [0.15, 0.2) is 6.10 Å². The molecule has 0 aliphatic rings. The Hall–Kier alpha value is -2.06. The first-order valence-electron chi connectivity index (χ1n) is 5.64. The van der Waals surface area contributed by atoms with E-state index in [2.05, 4.69) is 21.5 Å². The van der Waals surface area contributed by atoms with E-state index in [1.165, 1.54) is 0 Å². The molecular weight excluding hydrogens is 230 g/mol. The van der Waals surface area contributed by atoms with E-state index in [1.54, 1.807) is 19.2 Å².